The van der Waals surface area contributed by atoms with E-state index in [1.54, 1.807) is 4.90 Å². The van der Waals surface area contributed by atoms with Gasteiger partial charge in [-0.1, -0.05) is 60.2 Å². The molecule has 2 bridgehead atoms. The predicted octanol–water partition coefficient (Wildman–Crippen LogP) is 3.66. The highest BCUT2D eigenvalue weighted by atomic mass is 16.6. The van der Waals surface area contributed by atoms with Gasteiger partial charge in [-0.25, -0.2) is 4.79 Å². The van der Waals surface area contributed by atoms with Crippen molar-refractivity contribution in [1.29, 1.82) is 0 Å². The lowest BCUT2D eigenvalue weighted by atomic mass is 9.48. The van der Waals surface area contributed by atoms with E-state index in [9.17, 15) is 9.90 Å². The Labute approximate surface area is 154 Å². The Hall–Kier alpha value is -2.33. The van der Waals surface area contributed by atoms with Crippen LogP contribution in [0.4, 0.5) is 4.79 Å². The van der Waals surface area contributed by atoms with E-state index in [1.165, 1.54) is 11.1 Å². The molecule has 26 heavy (non-hydrogen) atoms. The van der Waals surface area contributed by atoms with E-state index in [1.807, 2.05) is 30.3 Å². The quantitative estimate of drug-likeness (QED) is 0.915. The maximum Gasteiger partial charge on any atom is 0.410 e. The lowest BCUT2D eigenvalue weighted by Gasteiger charge is -2.63. The summed E-state index contributed by atoms with van der Waals surface area (Å²) in [6.07, 6.45) is 1.58. The molecule has 3 fully saturated rings. The van der Waals surface area contributed by atoms with Crippen LogP contribution in [0.2, 0.25) is 0 Å². The summed E-state index contributed by atoms with van der Waals surface area (Å²) in [4.78, 5) is 14.4. The van der Waals surface area contributed by atoms with Crippen LogP contribution in [0, 0.1) is 12.3 Å². The number of aliphatic hydroxyl groups excluding tert-OH is 1. The Balaban J connectivity index is 1.49. The van der Waals surface area contributed by atoms with Crippen LogP contribution in [0.1, 0.15) is 29.5 Å². The zero-order valence-corrected chi connectivity index (χ0v) is 15.1. The first-order valence-corrected chi connectivity index (χ1v) is 9.18. The van der Waals surface area contributed by atoms with Crippen LogP contribution in [-0.2, 0) is 16.8 Å². The number of hydrogen-bond donors (Lipinski definition) is 1. The Morgan fingerprint density at radius 2 is 1.77 bits per heavy atom. The number of hydrogen-bond acceptors (Lipinski definition) is 3. The van der Waals surface area contributed by atoms with Gasteiger partial charge in [0, 0.05) is 23.9 Å². The first-order valence-electron chi connectivity index (χ1n) is 9.18. The first kappa shape index (κ1) is 17.1. The van der Waals surface area contributed by atoms with E-state index in [2.05, 4.69) is 31.2 Å². The maximum atomic E-state index is 12.6. The standard InChI is InChI=1S/C22H25NO3/c1-17-7-9-19(10-8-17)22-12-21(13-22,16-24)14-23(15-22)20(25)26-11-18-5-3-2-4-6-18/h2-10,24H,11-16H2,1H3. The molecule has 0 radical (unpaired) electrons. The summed E-state index contributed by atoms with van der Waals surface area (Å²) in [7, 11) is 0. The number of aliphatic hydroxyl groups is 1. The number of benzene rings is 2. The van der Waals surface area contributed by atoms with Gasteiger partial charge >= 0.3 is 6.09 Å². The van der Waals surface area contributed by atoms with Gasteiger partial charge in [-0.15, -0.1) is 0 Å². The molecule has 136 valence electrons. The Bertz CT molecular complexity index is 779. The van der Waals surface area contributed by atoms with E-state index < -0.39 is 0 Å². The molecule has 2 aromatic carbocycles. The van der Waals surface area contributed by atoms with Gasteiger partial charge in [-0.3, -0.25) is 0 Å². The number of amides is 1. The minimum atomic E-state index is -0.289. The monoisotopic (exact) mass is 351 g/mol. The third-order valence-electron chi connectivity index (χ3n) is 5.91. The van der Waals surface area contributed by atoms with E-state index in [-0.39, 0.29) is 30.1 Å². The topological polar surface area (TPSA) is 49.8 Å². The molecule has 0 unspecified atom stereocenters. The van der Waals surface area contributed by atoms with Crippen molar-refractivity contribution in [3.63, 3.8) is 0 Å². The smallest absolute Gasteiger partial charge is 0.410 e. The zero-order chi connectivity index (χ0) is 18.2. The number of piperidine rings is 2. The average Bonchev–Trinajstić information content (AvgIpc) is 2.66. The second kappa shape index (κ2) is 6.44. The van der Waals surface area contributed by atoms with Crippen LogP contribution in [0.15, 0.2) is 54.6 Å². The predicted molar refractivity (Wildman–Crippen MR) is 99.8 cm³/mol. The molecule has 1 aliphatic carbocycles. The van der Waals surface area contributed by atoms with Crippen molar-refractivity contribution >= 4 is 6.09 Å². The number of carbonyl (C=O) groups is 1. The van der Waals surface area contributed by atoms with E-state index in [4.69, 9.17) is 4.74 Å². The van der Waals surface area contributed by atoms with Gasteiger partial charge in [-0.05, 0) is 30.9 Å². The molecule has 5 rings (SSSR count). The van der Waals surface area contributed by atoms with Crippen molar-refractivity contribution in [2.75, 3.05) is 19.7 Å². The molecule has 2 saturated heterocycles. The molecular weight excluding hydrogens is 326 g/mol. The molecule has 2 aromatic rings. The van der Waals surface area contributed by atoms with E-state index in [0.29, 0.717) is 13.1 Å². The van der Waals surface area contributed by atoms with Gasteiger partial charge in [-0.2, -0.15) is 0 Å². The van der Waals surface area contributed by atoms with Gasteiger partial charge in [0.1, 0.15) is 6.61 Å². The highest BCUT2D eigenvalue weighted by Gasteiger charge is 2.60. The van der Waals surface area contributed by atoms with E-state index in [0.717, 1.165) is 18.4 Å². The lowest BCUT2D eigenvalue weighted by Crippen LogP contribution is -2.67. The number of fused-ring (bicyclic) bond motifs is 2. The largest absolute Gasteiger partial charge is 0.445 e. The Morgan fingerprint density at radius 1 is 1.08 bits per heavy atom. The fraction of sp³-hybridized carbons (Fsp3) is 0.409. The fourth-order valence-corrected chi connectivity index (χ4v) is 4.74. The van der Waals surface area contributed by atoms with Crippen LogP contribution in [0.5, 0.6) is 0 Å². The second-order valence-electron chi connectivity index (χ2n) is 8.05. The molecule has 1 N–H and O–H groups in total. The summed E-state index contributed by atoms with van der Waals surface area (Å²) in [6, 6.07) is 18.3. The van der Waals surface area contributed by atoms with Crippen LogP contribution in [0.25, 0.3) is 0 Å². The van der Waals surface area contributed by atoms with Crippen molar-refractivity contribution in [2.45, 2.75) is 31.8 Å². The molecule has 0 spiro atoms. The number of carbonyl (C=O) groups excluding carboxylic acids is 1. The molecule has 4 heteroatoms. The third-order valence-corrected chi connectivity index (χ3v) is 5.91. The molecule has 4 nitrogen and oxygen atoms in total. The van der Waals surface area contributed by atoms with E-state index >= 15 is 0 Å². The number of nitrogens with zero attached hydrogens (tertiary/aromatic N) is 1. The van der Waals surface area contributed by atoms with Crippen molar-refractivity contribution in [3.05, 3.63) is 71.3 Å². The van der Waals surface area contributed by atoms with Crippen LogP contribution in [-0.4, -0.2) is 35.8 Å². The summed E-state index contributed by atoms with van der Waals surface area (Å²) in [6.45, 7) is 3.70. The van der Waals surface area contributed by atoms with Crippen molar-refractivity contribution in [2.24, 2.45) is 5.41 Å². The van der Waals surface area contributed by atoms with Crippen molar-refractivity contribution in [1.82, 2.24) is 4.90 Å². The number of aryl methyl sites for hydroxylation is 1. The summed E-state index contributed by atoms with van der Waals surface area (Å²) in [5.41, 5.74) is 3.23. The average molecular weight is 351 g/mol. The second-order valence-corrected chi connectivity index (χ2v) is 8.05. The minimum absolute atomic E-state index is 0.0551. The van der Waals surface area contributed by atoms with Crippen LogP contribution in [0.3, 0.4) is 0 Å². The molecule has 2 aliphatic heterocycles. The molecule has 2 heterocycles. The molecule has 1 amide bonds. The SMILES string of the molecule is Cc1ccc(C23CN(C(=O)OCc4ccccc4)CC(CO)(C2)C3)cc1. The van der Waals surface area contributed by atoms with Gasteiger partial charge in [0.05, 0.1) is 6.61 Å². The Morgan fingerprint density at radius 3 is 2.42 bits per heavy atom. The molecule has 1 saturated carbocycles. The molecule has 3 aliphatic rings. The summed E-state index contributed by atoms with van der Waals surface area (Å²) in [5, 5.41) is 9.92. The van der Waals surface area contributed by atoms with Gasteiger partial charge < -0.3 is 14.7 Å². The van der Waals surface area contributed by atoms with Gasteiger partial charge in [0.25, 0.3) is 0 Å². The summed E-state index contributed by atoms with van der Waals surface area (Å²) in [5.74, 6) is 0. The molecule has 0 aromatic heterocycles. The normalized spacial score (nSPS) is 26.9. The van der Waals surface area contributed by atoms with Crippen molar-refractivity contribution in [3.8, 4) is 0 Å². The van der Waals surface area contributed by atoms with Gasteiger partial charge in [0.2, 0.25) is 0 Å². The highest BCUT2D eigenvalue weighted by molar-refractivity contribution is 5.68. The van der Waals surface area contributed by atoms with Crippen LogP contribution >= 0.6 is 0 Å². The fourth-order valence-electron chi connectivity index (χ4n) is 4.74. The number of ether oxygens (including phenoxy) is 1. The molecule has 0 atom stereocenters. The lowest BCUT2D eigenvalue weighted by molar-refractivity contribution is -0.107. The minimum Gasteiger partial charge on any atom is -0.445 e. The van der Waals surface area contributed by atoms with Crippen LogP contribution < -0.4 is 0 Å². The Kier molecular flexibility index (Phi) is 4.23. The molecular formula is C22H25NO3. The highest BCUT2D eigenvalue weighted by Crippen LogP contribution is 2.59. The van der Waals surface area contributed by atoms with Crippen molar-refractivity contribution < 1.29 is 14.6 Å². The zero-order valence-electron chi connectivity index (χ0n) is 15.1. The maximum absolute atomic E-state index is 12.6. The third kappa shape index (κ3) is 2.99. The first-order chi connectivity index (χ1) is 12.5. The summed E-state index contributed by atoms with van der Waals surface area (Å²) >= 11 is 0. The number of rotatable bonds is 4. The summed E-state index contributed by atoms with van der Waals surface area (Å²) < 4.78 is 5.53. The van der Waals surface area contributed by atoms with Gasteiger partial charge in [0.15, 0.2) is 0 Å².